The number of ether oxygens (including phenoxy) is 1. The van der Waals surface area contributed by atoms with Crippen molar-refractivity contribution >= 4 is 12.6 Å². The average molecular weight is 288 g/mol. The molecule has 7 nitrogen and oxygen atoms in total. The third-order valence-corrected chi connectivity index (χ3v) is 3.57. The van der Waals surface area contributed by atoms with Crippen molar-refractivity contribution in [3.63, 3.8) is 0 Å². The van der Waals surface area contributed by atoms with Crippen LogP contribution in [0.2, 0.25) is 0 Å². The van der Waals surface area contributed by atoms with Crippen molar-refractivity contribution in [1.29, 1.82) is 0 Å². The van der Waals surface area contributed by atoms with Gasteiger partial charge in [0.25, 0.3) is 0 Å². The van der Waals surface area contributed by atoms with E-state index in [0.29, 0.717) is 12.1 Å². The van der Waals surface area contributed by atoms with Crippen LogP contribution < -0.4 is 10.2 Å². The third kappa shape index (κ3) is 3.41. The average Bonchev–Trinajstić information content (AvgIpc) is 2.95. The molecule has 0 saturated heterocycles. The van der Waals surface area contributed by atoms with Gasteiger partial charge in [0.2, 0.25) is 0 Å². The molecule has 0 unspecified atom stereocenters. The molecule has 1 aromatic carbocycles. The number of hydrogen-bond donors (Lipinski definition) is 2. The first kappa shape index (κ1) is 14.1. The van der Waals surface area contributed by atoms with Gasteiger partial charge in [-0.05, 0) is 17.6 Å². The third-order valence-electron chi connectivity index (χ3n) is 3.57. The van der Waals surface area contributed by atoms with Crippen molar-refractivity contribution in [3.8, 4) is 5.75 Å². The predicted molar refractivity (Wildman–Crippen MR) is 77.1 cm³/mol. The second-order valence-electron chi connectivity index (χ2n) is 5.01. The Kier molecular flexibility index (Phi) is 4.19. The molecule has 1 aromatic heterocycles. The van der Waals surface area contributed by atoms with Crippen LogP contribution in [0.25, 0.3) is 0 Å². The van der Waals surface area contributed by atoms with Gasteiger partial charge in [-0.15, -0.1) is 10.2 Å². The van der Waals surface area contributed by atoms with E-state index in [1.54, 1.807) is 30.6 Å². The maximum Gasteiger partial charge on any atom is 0.488 e. The van der Waals surface area contributed by atoms with Crippen LogP contribution in [0.3, 0.4) is 0 Å². The summed E-state index contributed by atoms with van der Waals surface area (Å²) in [4.78, 5) is 2.27. The van der Waals surface area contributed by atoms with Crippen LogP contribution in [0, 0.1) is 0 Å². The van der Waals surface area contributed by atoms with E-state index in [4.69, 9.17) is 14.8 Å². The fourth-order valence-electron chi connectivity index (χ4n) is 2.34. The molecule has 2 aromatic rings. The van der Waals surface area contributed by atoms with Gasteiger partial charge in [-0.25, -0.2) is 0 Å². The summed E-state index contributed by atoms with van der Waals surface area (Å²) in [6.07, 6.45) is 1.76. The highest BCUT2D eigenvalue weighted by atomic mass is 16.5. The lowest BCUT2D eigenvalue weighted by atomic mass is 9.80. The molecule has 1 aliphatic rings. The summed E-state index contributed by atoms with van der Waals surface area (Å²) < 4.78 is 7.73. The molecule has 3 rings (SSSR count). The summed E-state index contributed by atoms with van der Waals surface area (Å²) in [5.41, 5.74) is 0.456. The Labute approximate surface area is 122 Å². The first-order valence-corrected chi connectivity index (χ1v) is 6.90. The highest BCUT2D eigenvalue weighted by Gasteiger charge is 2.17. The molecular formula is C13H17BN4O3. The summed E-state index contributed by atoms with van der Waals surface area (Å²) in [6.45, 7) is 4.06. The lowest BCUT2D eigenvalue weighted by Crippen LogP contribution is -2.36. The Hall–Kier alpha value is -1.90. The molecule has 0 fully saturated rings. The molecule has 0 bridgehead atoms. The number of aromatic nitrogens is 3. The number of benzene rings is 1. The summed E-state index contributed by atoms with van der Waals surface area (Å²) in [7, 11) is -1.44. The first-order chi connectivity index (χ1) is 10.2. The van der Waals surface area contributed by atoms with E-state index < -0.39 is 7.12 Å². The van der Waals surface area contributed by atoms with Gasteiger partial charge in [0.05, 0.1) is 6.54 Å². The fourth-order valence-corrected chi connectivity index (χ4v) is 2.34. The number of fused-ring (bicyclic) bond motifs is 1. The molecule has 0 amide bonds. The Morgan fingerprint density at radius 2 is 2.00 bits per heavy atom. The summed E-state index contributed by atoms with van der Waals surface area (Å²) in [6, 6.07) is 6.76. The Bertz CT molecular complexity index is 587. The molecule has 2 heterocycles. The van der Waals surface area contributed by atoms with Gasteiger partial charge in [-0.1, -0.05) is 12.1 Å². The van der Waals surface area contributed by atoms with E-state index in [0.717, 1.165) is 37.8 Å². The zero-order valence-electron chi connectivity index (χ0n) is 11.6. The monoisotopic (exact) mass is 288 g/mol. The SMILES string of the molecule is OB(O)c1ccc(OCCN2CCn3cnnc3C2)cc1. The second-order valence-corrected chi connectivity index (χ2v) is 5.01. The van der Waals surface area contributed by atoms with E-state index in [2.05, 4.69) is 19.7 Å². The van der Waals surface area contributed by atoms with Crippen LogP contribution in [0.4, 0.5) is 0 Å². The van der Waals surface area contributed by atoms with E-state index in [1.807, 2.05) is 0 Å². The van der Waals surface area contributed by atoms with E-state index >= 15 is 0 Å². The van der Waals surface area contributed by atoms with Crippen molar-refractivity contribution in [2.24, 2.45) is 0 Å². The molecule has 0 spiro atoms. The molecule has 21 heavy (non-hydrogen) atoms. The van der Waals surface area contributed by atoms with Crippen molar-refractivity contribution in [2.45, 2.75) is 13.1 Å². The van der Waals surface area contributed by atoms with Crippen molar-refractivity contribution in [3.05, 3.63) is 36.4 Å². The molecule has 2 N–H and O–H groups in total. The van der Waals surface area contributed by atoms with Gasteiger partial charge in [0.15, 0.2) is 0 Å². The van der Waals surface area contributed by atoms with Crippen molar-refractivity contribution in [1.82, 2.24) is 19.7 Å². The topological polar surface area (TPSA) is 83.6 Å². The number of nitrogens with zero attached hydrogens (tertiary/aromatic N) is 4. The van der Waals surface area contributed by atoms with Crippen LogP contribution >= 0.6 is 0 Å². The lowest BCUT2D eigenvalue weighted by Gasteiger charge is -2.26. The Morgan fingerprint density at radius 3 is 2.76 bits per heavy atom. The van der Waals surface area contributed by atoms with E-state index in [-0.39, 0.29) is 0 Å². The predicted octanol–water partition coefficient (Wildman–Crippen LogP) is -1.15. The Balaban J connectivity index is 1.46. The minimum absolute atomic E-state index is 0.456. The van der Waals surface area contributed by atoms with Gasteiger partial charge in [0.1, 0.15) is 24.5 Å². The largest absolute Gasteiger partial charge is 0.492 e. The number of hydrogen-bond acceptors (Lipinski definition) is 6. The maximum absolute atomic E-state index is 9.02. The van der Waals surface area contributed by atoms with E-state index in [9.17, 15) is 0 Å². The quantitative estimate of drug-likeness (QED) is 0.676. The standard InChI is InChI=1S/C13H17BN4O3/c19-14(20)11-1-3-12(4-2-11)21-8-7-17-5-6-18-10-15-16-13(18)9-17/h1-4,10,19-20H,5-9H2. The van der Waals surface area contributed by atoms with Gasteiger partial charge in [-0.2, -0.15) is 0 Å². The van der Waals surface area contributed by atoms with Gasteiger partial charge < -0.3 is 19.4 Å². The normalized spacial score (nSPS) is 14.8. The molecule has 0 aliphatic carbocycles. The zero-order chi connectivity index (χ0) is 14.7. The minimum Gasteiger partial charge on any atom is -0.492 e. The summed E-state index contributed by atoms with van der Waals surface area (Å²) >= 11 is 0. The van der Waals surface area contributed by atoms with Gasteiger partial charge in [0, 0.05) is 19.6 Å². The van der Waals surface area contributed by atoms with Crippen molar-refractivity contribution in [2.75, 3.05) is 19.7 Å². The molecule has 8 heteroatoms. The second kappa shape index (κ2) is 6.25. The molecule has 110 valence electrons. The molecule has 0 saturated carbocycles. The van der Waals surface area contributed by atoms with Crippen LogP contribution in [-0.2, 0) is 13.1 Å². The molecule has 1 aliphatic heterocycles. The maximum atomic E-state index is 9.02. The lowest BCUT2D eigenvalue weighted by molar-refractivity contribution is 0.174. The van der Waals surface area contributed by atoms with Crippen LogP contribution in [0.1, 0.15) is 5.82 Å². The van der Waals surface area contributed by atoms with E-state index in [1.165, 1.54) is 0 Å². The van der Waals surface area contributed by atoms with Crippen LogP contribution in [-0.4, -0.2) is 56.5 Å². The molecule has 0 atom stereocenters. The van der Waals surface area contributed by atoms with Crippen LogP contribution in [0.15, 0.2) is 30.6 Å². The van der Waals surface area contributed by atoms with Gasteiger partial charge >= 0.3 is 7.12 Å². The number of rotatable bonds is 5. The highest BCUT2D eigenvalue weighted by Crippen LogP contribution is 2.10. The van der Waals surface area contributed by atoms with Gasteiger partial charge in [-0.3, -0.25) is 4.90 Å². The fraction of sp³-hybridized carbons (Fsp3) is 0.385. The molecular weight excluding hydrogens is 271 g/mol. The van der Waals surface area contributed by atoms with Crippen molar-refractivity contribution < 1.29 is 14.8 Å². The Morgan fingerprint density at radius 1 is 1.19 bits per heavy atom. The highest BCUT2D eigenvalue weighted by molar-refractivity contribution is 6.58. The zero-order valence-corrected chi connectivity index (χ0v) is 11.6. The summed E-state index contributed by atoms with van der Waals surface area (Å²) in [5, 5.41) is 26.0. The van der Waals surface area contributed by atoms with Crippen LogP contribution in [0.5, 0.6) is 5.75 Å². The smallest absolute Gasteiger partial charge is 0.488 e. The molecule has 0 radical (unpaired) electrons. The minimum atomic E-state index is -1.44. The first-order valence-electron chi connectivity index (χ1n) is 6.90. The summed E-state index contributed by atoms with van der Waals surface area (Å²) in [5.74, 6) is 1.71.